The van der Waals surface area contributed by atoms with E-state index in [-0.39, 0.29) is 0 Å². The van der Waals surface area contributed by atoms with Crippen molar-refractivity contribution >= 4 is 0 Å². The molecule has 0 saturated heterocycles. The van der Waals surface area contributed by atoms with Gasteiger partial charge in [0.2, 0.25) is 0 Å². The molecule has 0 radical (unpaired) electrons. The SMILES string of the molecule is Cn1nccc1CCC(N)C1CC2CCC1C2. The first-order valence-electron chi connectivity index (χ1n) is 6.96. The van der Waals surface area contributed by atoms with Crippen molar-refractivity contribution in [1.29, 1.82) is 0 Å². The number of nitrogens with zero attached hydrogens (tertiary/aromatic N) is 2. The highest BCUT2D eigenvalue weighted by Gasteiger charge is 2.41. The van der Waals surface area contributed by atoms with E-state index >= 15 is 0 Å². The Morgan fingerprint density at radius 2 is 2.35 bits per heavy atom. The van der Waals surface area contributed by atoms with Crippen molar-refractivity contribution in [3.63, 3.8) is 0 Å². The minimum Gasteiger partial charge on any atom is -0.327 e. The molecular formula is C14H23N3. The van der Waals surface area contributed by atoms with Gasteiger partial charge in [-0.05, 0) is 55.9 Å². The molecular weight excluding hydrogens is 210 g/mol. The first kappa shape index (κ1) is 11.3. The Morgan fingerprint density at radius 1 is 1.47 bits per heavy atom. The smallest absolute Gasteiger partial charge is 0.0492 e. The number of hydrogen-bond donors (Lipinski definition) is 1. The summed E-state index contributed by atoms with van der Waals surface area (Å²) in [6, 6.07) is 2.51. The zero-order valence-electron chi connectivity index (χ0n) is 10.7. The van der Waals surface area contributed by atoms with Gasteiger partial charge < -0.3 is 5.73 Å². The maximum absolute atomic E-state index is 6.40. The van der Waals surface area contributed by atoms with Gasteiger partial charge in [0.05, 0.1) is 0 Å². The zero-order valence-corrected chi connectivity index (χ0v) is 10.7. The summed E-state index contributed by atoms with van der Waals surface area (Å²) < 4.78 is 1.97. The van der Waals surface area contributed by atoms with Gasteiger partial charge in [-0.2, -0.15) is 5.10 Å². The lowest BCUT2D eigenvalue weighted by molar-refractivity contribution is 0.272. The minimum absolute atomic E-state index is 0.403. The molecule has 4 unspecified atom stereocenters. The van der Waals surface area contributed by atoms with Crippen LogP contribution < -0.4 is 5.73 Å². The van der Waals surface area contributed by atoms with Gasteiger partial charge in [-0.3, -0.25) is 4.68 Å². The zero-order chi connectivity index (χ0) is 11.8. The third-order valence-electron chi connectivity index (χ3n) is 5.00. The van der Waals surface area contributed by atoms with E-state index in [2.05, 4.69) is 11.2 Å². The lowest BCUT2D eigenvalue weighted by Gasteiger charge is -2.27. The lowest BCUT2D eigenvalue weighted by atomic mass is 9.82. The normalized spacial score (nSPS) is 33.2. The van der Waals surface area contributed by atoms with E-state index in [1.165, 1.54) is 31.4 Å². The maximum Gasteiger partial charge on any atom is 0.0492 e. The first-order chi connectivity index (χ1) is 8.24. The third-order valence-corrected chi connectivity index (χ3v) is 5.00. The predicted octanol–water partition coefficient (Wildman–Crippen LogP) is 2.12. The summed E-state index contributed by atoms with van der Waals surface area (Å²) in [5.41, 5.74) is 7.71. The van der Waals surface area contributed by atoms with Gasteiger partial charge >= 0.3 is 0 Å². The highest BCUT2D eigenvalue weighted by molar-refractivity contribution is 5.01. The van der Waals surface area contributed by atoms with Gasteiger partial charge in [0.1, 0.15) is 0 Å². The largest absolute Gasteiger partial charge is 0.327 e. The van der Waals surface area contributed by atoms with E-state index in [0.717, 1.165) is 30.6 Å². The van der Waals surface area contributed by atoms with Crippen molar-refractivity contribution in [2.75, 3.05) is 0 Å². The molecule has 0 aromatic carbocycles. The molecule has 0 aliphatic heterocycles. The molecule has 3 rings (SSSR count). The van der Waals surface area contributed by atoms with E-state index in [9.17, 15) is 0 Å². The Labute approximate surface area is 103 Å². The summed E-state index contributed by atoms with van der Waals surface area (Å²) in [7, 11) is 2.01. The van der Waals surface area contributed by atoms with Crippen LogP contribution in [0.25, 0.3) is 0 Å². The second kappa shape index (κ2) is 4.45. The summed E-state index contributed by atoms with van der Waals surface area (Å²) >= 11 is 0. The molecule has 2 bridgehead atoms. The Bertz CT molecular complexity index is 385. The topological polar surface area (TPSA) is 43.8 Å². The van der Waals surface area contributed by atoms with Crippen molar-refractivity contribution in [3.8, 4) is 0 Å². The maximum atomic E-state index is 6.40. The van der Waals surface area contributed by atoms with Crippen LogP contribution in [0.3, 0.4) is 0 Å². The summed E-state index contributed by atoms with van der Waals surface area (Å²) in [6.45, 7) is 0. The summed E-state index contributed by atoms with van der Waals surface area (Å²) in [4.78, 5) is 0. The van der Waals surface area contributed by atoms with Crippen LogP contribution in [0.15, 0.2) is 12.3 Å². The van der Waals surface area contributed by atoms with Crippen molar-refractivity contribution in [2.24, 2.45) is 30.5 Å². The van der Waals surface area contributed by atoms with Crippen LogP contribution in [0, 0.1) is 17.8 Å². The van der Waals surface area contributed by atoms with Crippen molar-refractivity contribution in [3.05, 3.63) is 18.0 Å². The fourth-order valence-corrected chi connectivity index (χ4v) is 3.99. The van der Waals surface area contributed by atoms with Crippen LogP contribution in [0.5, 0.6) is 0 Å². The van der Waals surface area contributed by atoms with E-state index < -0.39 is 0 Å². The molecule has 2 N–H and O–H groups in total. The van der Waals surface area contributed by atoms with E-state index in [1.807, 2.05) is 17.9 Å². The van der Waals surface area contributed by atoms with Crippen molar-refractivity contribution in [2.45, 2.75) is 44.6 Å². The van der Waals surface area contributed by atoms with Crippen LogP contribution in [0.4, 0.5) is 0 Å². The van der Waals surface area contributed by atoms with E-state index in [0.29, 0.717) is 6.04 Å². The van der Waals surface area contributed by atoms with Gasteiger partial charge in [-0.25, -0.2) is 0 Å². The second-order valence-corrected chi connectivity index (χ2v) is 5.99. The molecule has 3 heteroatoms. The van der Waals surface area contributed by atoms with Crippen LogP contribution >= 0.6 is 0 Å². The van der Waals surface area contributed by atoms with Gasteiger partial charge in [0.25, 0.3) is 0 Å². The third kappa shape index (κ3) is 2.13. The molecule has 94 valence electrons. The molecule has 0 amide bonds. The number of hydrogen-bond acceptors (Lipinski definition) is 2. The molecule has 4 atom stereocenters. The number of fused-ring (bicyclic) bond motifs is 2. The lowest BCUT2D eigenvalue weighted by Crippen LogP contribution is -2.34. The quantitative estimate of drug-likeness (QED) is 0.865. The Balaban J connectivity index is 1.54. The summed E-state index contributed by atoms with van der Waals surface area (Å²) in [5.74, 6) is 2.76. The second-order valence-electron chi connectivity index (χ2n) is 5.99. The fraction of sp³-hybridized carbons (Fsp3) is 0.786. The van der Waals surface area contributed by atoms with E-state index in [4.69, 9.17) is 5.73 Å². The van der Waals surface area contributed by atoms with Gasteiger partial charge in [-0.15, -0.1) is 0 Å². The number of aromatic nitrogens is 2. The van der Waals surface area contributed by atoms with Crippen molar-refractivity contribution in [1.82, 2.24) is 9.78 Å². The van der Waals surface area contributed by atoms with Crippen molar-refractivity contribution < 1.29 is 0 Å². The molecule has 1 aromatic rings. The fourth-order valence-electron chi connectivity index (χ4n) is 3.99. The van der Waals surface area contributed by atoms with Crippen LogP contribution in [-0.4, -0.2) is 15.8 Å². The predicted molar refractivity (Wildman–Crippen MR) is 68.4 cm³/mol. The Kier molecular flexibility index (Phi) is 2.95. The van der Waals surface area contributed by atoms with E-state index in [1.54, 1.807) is 0 Å². The number of aryl methyl sites for hydroxylation is 2. The molecule has 1 aromatic heterocycles. The Morgan fingerprint density at radius 3 is 2.94 bits per heavy atom. The minimum atomic E-state index is 0.403. The molecule has 2 saturated carbocycles. The van der Waals surface area contributed by atoms with Crippen LogP contribution in [-0.2, 0) is 13.5 Å². The van der Waals surface area contributed by atoms with Crippen LogP contribution in [0.2, 0.25) is 0 Å². The molecule has 0 spiro atoms. The first-order valence-corrected chi connectivity index (χ1v) is 6.96. The van der Waals surface area contributed by atoms with Crippen LogP contribution in [0.1, 0.15) is 37.8 Å². The molecule has 1 heterocycles. The average molecular weight is 233 g/mol. The van der Waals surface area contributed by atoms with Gasteiger partial charge in [0, 0.05) is 25.0 Å². The molecule has 17 heavy (non-hydrogen) atoms. The van der Waals surface area contributed by atoms with Gasteiger partial charge in [0.15, 0.2) is 0 Å². The Hall–Kier alpha value is -0.830. The molecule has 3 nitrogen and oxygen atoms in total. The molecule has 2 aliphatic carbocycles. The highest BCUT2D eigenvalue weighted by Crippen LogP contribution is 2.49. The average Bonchev–Trinajstić information content (AvgIpc) is 3.01. The highest BCUT2D eigenvalue weighted by atomic mass is 15.2. The van der Waals surface area contributed by atoms with Gasteiger partial charge in [-0.1, -0.05) is 6.42 Å². The summed E-state index contributed by atoms with van der Waals surface area (Å²) in [5, 5.41) is 4.21. The monoisotopic (exact) mass is 233 g/mol. The standard InChI is InChI=1S/C14H23N3/c1-17-12(6-7-16-17)4-5-14(15)13-9-10-2-3-11(13)8-10/h6-7,10-11,13-14H,2-5,8-9,15H2,1H3. The molecule has 2 aliphatic rings. The molecule has 2 fully saturated rings. The summed E-state index contributed by atoms with van der Waals surface area (Å²) in [6.07, 6.45) is 9.84. The number of nitrogens with two attached hydrogens (primary N) is 1. The number of rotatable bonds is 4.